The monoisotopic (exact) mass is 249 g/mol. The summed E-state index contributed by atoms with van der Waals surface area (Å²) in [6.07, 6.45) is 2.48. The van der Waals surface area contributed by atoms with E-state index in [1.165, 1.54) is 24.0 Å². The fourth-order valence-electron chi connectivity index (χ4n) is 2.36. The summed E-state index contributed by atoms with van der Waals surface area (Å²) in [7, 11) is 3.34. The molecule has 100 valence electrons. The zero-order valence-corrected chi connectivity index (χ0v) is 11.5. The molecule has 1 atom stereocenters. The molecule has 18 heavy (non-hydrogen) atoms. The first-order valence-electron chi connectivity index (χ1n) is 6.63. The van der Waals surface area contributed by atoms with Gasteiger partial charge in [0, 0.05) is 20.8 Å². The Bertz CT molecular complexity index is 373. The number of ether oxygens (including phenoxy) is 2. The third kappa shape index (κ3) is 3.31. The molecule has 0 aliphatic heterocycles. The molecule has 1 aromatic rings. The predicted octanol–water partition coefficient (Wildman–Crippen LogP) is 2.66. The third-order valence-electron chi connectivity index (χ3n) is 3.56. The van der Waals surface area contributed by atoms with Crippen LogP contribution in [0.1, 0.15) is 36.8 Å². The lowest BCUT2D eigenvalue weighted by molar-refractivity contribution is -0.119. The van der Waals surface area contributed by atoms with Crippen LogP contribution in [0.2, 0.25) is 0 Å². The van der Waals surface area contributed by atoms with E-state index in [4.69, 9.17) is 9.47 Å². The van der Waals surface area contributed by atoms with Gasteiger partial charge in [0.2, 0.25) is 0 Å². The highest BCUT2D eigenvalue weighted by Crippen LogP contribution is 2.41. The van der Waals surface area contributed by atoms with Crippen molar-refractivity contribution in [3.63, 3.8) is 0 Å². The number of hydrogen-bond acceptors (Lipinski definition) is 3. The molecule has 1 fully saturated rings. The molecule has 0 aromatic heterocycles. The molecule has 3 heteroatoms. The SMILES string of the molecule is COC(OC)C(C)NCc1ccccc1C1CC1. The Labute approximate surface area is 109 Å². The van der Waals surface area contributed by atoms with Gasteiger partial charge in [-0.25, -0.2) is 0 Å². The van der Waals surface area contributed by atoms with Crippen molar-refractivity contribution in [2.45, 2.75) is 44.6 Å². The van der Waals surface area contributed by atoms with Gasteiger partial charge in [-0.3, -0.25) is 0 Å². The molecule has 0 spiro atoms. The fourth-order valence-corrected chi connectivity index (χ4v) is 2.36. The van der Waals surface area contributed by atoms with Crippen LogP contribution in [0.15, 0.2) is 24.3 Å². The normalized spacial score (nSPS) is 17.1. The molecular formula is C15H23NO2. The molecule has 1 aromatic carbocycles. The zero-order chi connectivity index (χ0) is 13.0. The second-order valence-corrected chi connectivity index (χ2v) is 4.98. The highest BCUT2D eigenvalue weighted by molar-refractivity contribution is 5.33. The summed E-state index contributed by atoms with van der Waals surface area (Å²) in [5, 5.41) is 3.47. The number of rotatable bonds is 7. The van der Waals surface area contributed by atoms with E-state index < -0.39 is 0 Å². The molecule has 3 nitrogen and oxygen atoms in total. The highest BCUT2D eigenvalue weighted by atomic mass is 16.7. The van der Waals surface area contributed by atoms with E-state index in [1.807, 2.05) is 0 Å². The van der Waals surface area contributed by atoms with E-state index in [9.17, 15) is 0 Å². The molecule has 1 saturated carbocycles. The van der Waals surface area contributed by atoms with Crippen LogP contribution >= 0.6 is 0 Å². The summed E-state index contributed by atoms with van der Waals surface area (Å²) in [6.45, 7) is 2.95. The standard InChI is InChI=1S/C15H23NO2/c1-11(15(17-2)18-3)16-10-13-6-4-5-7-14(13)12-8-9-12/h4-7,11-12,15-16H,8-10H2,1-3H3. The minimum Gasteiger partial charge on any atom is -0.354 e. The Morgan fingerprint density at radius 2 is 1.89 bits per heavy atom. The summed E-state index contributed by atoms with van der Waals surface area (Å²) in [5.41, 5.74) is 2.90. The van der Waals surface area contributed by atoms with Gasteiger partial charge in [0.25, 0.3) is 0 Å². The van der Waals surface area contributed by atoms with Gasteiger partial charge < -0.3 is 14.8 Å². The largest absolute Gasteiger partial charge is 0.354 e. The van der Waals surface area contributed by atoms with Crippen molar-refractivity contribution in [1.29, 1.82) is 0 Å². The highest BCUT2D eigenvalue weighted by Gasteiger charge is 2.25. The molecule has 1 aliphatic carbocycles. The van der Waals surface area contributed by atoms with Gasteiger partial charge >= 0.3 is 0 Å². The molecule has 2 rings (SSSR count). The second-order valence-electron chi connectivity index (χ2n) is 4.98. The first-order valence-corrected chi connectivity index (χ1v) is 6.63. The van der Waals surface area contributed by atoms with Gasteiger partial charge in [-0.2, -0.15) is 0 Å². The zero-order valence-electron chi connectivity index (χ0n) is 11.5. The van der Waals surface area contributed by atoms with Gasteiger partial charge in [0.15, 0.2) is 6.29 Å². The van der Waals surface area contributed by atoms with Crippen molar-refractivity contribution >= 4 is 0 Å². The smallest absolute Gasteiger partial charge is 0.171 e. The molecular weight excluding hydrogens is 226 g/mol. The van der Waals surface area contributed by atoms with Crippen LogP contribution in [-0.4, -0.2) is 26.6 Å². The van der Waals surface area contributed by atoms with Crippen molar-refractivity contribution in [1.82, 2.24) is 5.32 Å². The van der Waals surface area contributed by atoms with Crippen LogP contribution in [0.4, 0.5) is 0 Å². The lowest BCUT2D eigenvalue weighted by Crippen LogP contribution is -2.39. The lowest BCUT2D eigenvalue weighted by atomic mass is 10.0. The van der Waals surface area contributed by atoms with Gasteiger partial charge in [0.05, 0.1) is 6.04 Å². The van der Waals surface area contributed by atoms with Crippen LogP contribution in [0.3, 0.4) is 0 Å². The molecule has 0 heterocycles. The maximum Gasteiger partial charge on any atom is 0.171 e. The Hall–Kier alpha value is -0.900. The maximum absolute atomic E-state index is 5.25. The number of methoxy groups -OCH3 is 2. The number of nitrogens with one attached hydrogen (secondary N) is 1. The fraction of sp³-hybridized carbons (Fsp3) is 0.600. The average Bonchev–Trinajstić information content (AvgIpc) is 3.22. The second kappa shape index (κ2) is 6.32. The minimum absolute atomic E-state index is 0.173. The van der Waals surface area contributed by atoms with E-state index in [-0.39, 0.29) is 12.3 Å². The van der Waals surface area contributed by atoms with Crippen LogP contribution in [0.5, 0.6) is 0 Å². The molecule has 1 aliphatic rings. The quantitative estimate of drug-likeness (QED) is 0.754. The Morgan fingerprint density at radius 3 is 2.50 bits per heavy atom. The minimum atomic E-state index is -0.196. The van der Waals surface area contributed by atoms with Gasteiger partial charge in [-0.15, -0.1) is 0 Å². The van der Waals surface area contributed by atoms with E-state index in [1.54, 1.807) is 14.2 Å². The van der Waals surface area contributed by atoms with Gasteiger partial charge in [-0.05, 0) is 36.8 Å². The Morgan fingerprint density at radius 1 is 1.22 bits per heavy atom. The molecule has 0 radical (unpaired) electrons. The molecule has 0 saturated heterocycles. The maximum atomic E-state index is 5.25. The average molecular weight is 249 g/mol. The molecule has 0 amide bonds. The number of benzene rings is 1. The predicted molar refractivity (Wildman–Crippen MR) is 72.5 cm³/mol. The van der Waals surface area contributed by atoms with E-state index in [0.29, 0.717) is 0 Å². The van der Waals surface area contributed by atoms with Crippen LogP contribution in [0.25, 0.3) is 0 Å². The Balaban J connectivity index is 1.93. The summed E-state index contributed by atoms with van der Waals surface area (Å²) in [5.74, 6) is 0.791. The summed E-state index contributed by atoms with van der Waals surface area (Å²) in [6, 6.07) is 8.88. The summed E-state index contributed by atoms with van der Waals surface area (Å²) >= 11 is 0. The first kappa shape index (κ1) is 13.5. The van der Waals surface area contributed by atoms with Gasteiger partial charge in [-0.1, -0.05) is 24.3 Å². The van der Waals surface area contributed by atoms with Gasteiger partial charge in [0.1, 0.15) is 0 Å². The van der Waals surface area contributed by atoms with Crippen molar-refractivity contribution in [2.24, 2.45) is 0 Å². The topological polar surface area (TPSA) is 30.5 Å². The molecule has 1 N–H and O–H groups in total. The van der Waals surface area contributed by atoms with Crippen LogP contribution < -0.4 is 5.32 Å². The lowest BCUT2D eigenvalue weighted by Gasteiger charge is -2.22. The molecule has 0 bridgehead atoms. The van der Waals surface area contributed by atoms with E-state index in [0.717, 1.165) is 12.5 Å². The van der Waals surface area contributed by atoms with Crippen LogP contribution in [0, 0.1) is 0 Å². The molecule has 1 unspecified atom stereocenters. The van der Waals surface area contributed by atoms with E-state index in [2.05, 4.69) is 36.5 Å². The summed E-state index contributed by atoms with van der Waals surface area (Å²) in [4.78, 5) is 0. The first-order chi connectivity index (χ1) is 8.76. The summed E-state index contributed by atoms with van der Waals surface area (Å²) < 4.78 is 10.5. The third-order valence-corrected chi connectivity index (χ3v) is 3.56. The van der Waals surface area contributed by atoms with Crippen molar-refractivity contribution < 1.29 is 9.47 Å². The van der Waals surface area contributed by atoms with E-state index >= 15 is 0 Å². The number of hydrogen-bond donors (Lipinski definition) is 1. The van der Waals surface area contributed by atoms with Crippen molar-refractivity contribution in [3.05, 3.63) is 35.4 Å². The van der Waals surface area contributed by atoms with Crippen molar-refractivity contribution in [2.75, 3.05) is 14.2 Å². The Kier molecular flexibility index (Phi) is 4.75. The van der Waals surface area contributed by atoms with Crippen molar-refractivity contribution in [3.8, 4) is 0 Å². The van der Waals surface area contributed by atoms with Crippen LogP contribution in [-0.2, 0) is 16.0 Å².